The third-order valence-electron chi connectivity index (χ3n) is 1.30. The Morgan fingerprint density at radius 3 is 1.92 bits per heavy atom. The maximum atomic E-state index is 12.5. The summed E-state index contributed by atoms with van der Waals surface area (Å²) < 4.78 is 24.9. The van der Waals surface area contributed by atoms with Crippen LogP contribution in [0.25, 0.3) is 0 Å². The van der Waals surface area contributed by atoms with Crippen LogP contribution in [0.4, 0.5) is 8.78 Å². The van der Waals surface area contributed by atoms with E-state index in [1.165, 1.54) is 6.92 Å². The van der Waals surface area contributed by atoms with E-state index in [1.807, 2.05) is 0 Å². The van der Waals surface area contributed by atoms with Crippen LogP contribution in [0.5, 0.6) is 0 Å². The summed E-state index contributed by atoms with van der Waals surface area (Å²) in [6, 6.07) is 3.04. The van der Waals surface area contributed by atoms with E-state index in [-0.39, 0.29) is 16.8 Å². The van der Waals surface area contributed by atoms with Gasteiger partial charge in [-0.1, -0.05) is 0 Å². The van der Waals surface area contributed by atoms with Crippen molar-refractivity contribution in [3.05, 3.63) is 35.4 Å². The second-order valence-electron chi connectivity index (χ2n) is 2.28. The average molecular weight is 173 g/mol. The third kappa shape index (κ3) is 2.39. The van der Waals surface area contributed by atoms with Gasteiger partial charge in [0.2, 0.25) is 0 Å². The molecule has 0 fully saturated rings. The number of hydrogen-bond acceptors (Lipinski definition) is 1. The molecular formula is C8H9F2NO. The Morgan fingerprint density at radius 1 is 1.17 bits per heavy atom. The topological polar surface area (TPSA) is 55.4 Å². The van der Waals surface area contributed by atoms with Gasteiger partial charge in [-0.15, -0.1) is 0 Å². The predicted molar refractivity (Wildman–Crippen MR) is 42.5 cm³/mol. The highest BCUT2D eigenvalue weighted by atomic mass is 19.1. The van der Waals surface area contributed by atoms with Crippen LogP contribution in [0.3, 0.4) is 0 Å². The molecule has 66 valence electrons. The van der Waals surface area contributed by atoms with E-state index >= 15 is 0 Å². The van der Waals surface area contributed by atoms with Crippen LogP contribution in [0.1, 0.15) is 12.5 Å². The molecule has 1 aromatic rings. The van der Waals surface area contributed by atoms with E-state index in [1.54, 1.807) is 0 Å². The van der Waals surface area contributed by atoms with Gasteiger partial charge in [0.05, 0.1) is 0 Å². The van der Waals surface area contributed by atoms with Gasteiger partial charge in [-0.25, -0.2) is 8.78 Å². The summed E-state index contributed by atoms with van der Waals surface area (Å²) in [4.78, 5) is 0. The van der Waals surface area contributed by atoms with Crippen molar-refractivity contribution in [2.24, 2.45) is 0 Å². The minimum absolute atomic E-state index is 0. The van der Waals surface area contributed by atoms with Gasteiger partial charge in [0.25, 0.3) is 0 Å². The van der Waals surface area contributed by atoms with Crippen molar-refractivity contribution in [1.82, 2.24) is 0 Å². The fourth-order valence-electron chi connectivity index (χ4n) is 0.770. The maximum absolute atomic E-state index is 12.5. The van der Waals surface area contributed by atoms with Crippen LogP contribution in [0.2, 0.25) is 0 Å². The summed E-state index contributed by atoms with van der Waals surface area (Å²) in [7, 11) is 0. The van der Waals surface area contributed by atoms with Gasteiger partial charge in [0.1, 0.15) is 11.6 Å². The summed E-state index contributed by atoms with van der Waals surface area (Å²) in [6.07, 6.45) is 0. The first-order valence-corrected chi connectivity index (χ1v) is 3.11. The van der Waals surface area contributed by atoms with Gasteiger partial charge in [-0.2, -0.15) is 0 Å². The molecule has 3 N–H and O–H groups in total. The average Bonchev–Trinajstić information content (AvgIpc) is 1.85. The normalized spacial score (nSPS) is 8.92. The van der Waals surface area contributed by atoms with Crippen LogP contribution in [0, 0.1) is 17.0 Å². The van der Waals surface area contributed by atoms with Crippen molar-refractivity contribution in [2.45, 2.75) is 6.92 Å². The molecule has 0 aromatic heterocycles. The number of benzene rings is 1. The van der Waals surface area contributed by atoms with Gasteiger partial charge in [0, 0.05) is 17.3 Å². The smallest absolute Gasteiger partial charge is 0.126 e. The standard InChI is InChI=1S/C8H7F2N.H2O/c1-5(11)6-2-7(9)4-8(10)3-6;/h2-4,11H,1H3;1H2. The molecular weight excluding hydrogens is 164 g/mol. The van der Waals surface area contributed by atoms with Crippen LogP contribution in [-0.2, 0) is 0 Å². The molecule has 1 rings (SSSR count). The monoisotopic (exact) mass is 173 g/mol. The van der Waals surface area contributed by atoms with Crippen LogP contribution in [-0.4, -0.2) is 11.2 Å². The summed E-state index contributed by atoms with van der Waals surface area (Å²) in [5, 5.41) is 7.10. The van der Waals surface area contributed by atoms with Crippen molar-refractivity contribution in [1.29, 1.82) is 5.41 Å². The Morgan fingerprint density at radius 2 is 1.58 bits per heavy atom. The van der Waals surface area contributed by atoms with Crippen molar-refractivity contribution in [3.8, 4) is 0 Å². The summed E-state index contributed by atoms with van der Waals surface area (Å²) >= 11 is 0. The Kier molecular flexibility index (Phi) is 3.50. The number of hydrogen-bond donors (Lipinski definition) is 1. The van der Waals surface area contributed by atoms with E-state index in [9.17, 15) is 8.78 Å². The van der Waals surface area contributed by atoms with Crippen LogP contribution < -0.4 is 0 Å². The Labute approximate surface area is 68.7 Å². The summed E-state index contributed by atoms with van der Waals surface area (Å²) in [5.41, 5.74) is 0.436. The second-order valence-corrected chi connectivity index (χ2v) is 2.28. The van der Waals surface area contributed by atoms with E-state index in [4.69, 9.17) is 5.41 Å². The lowest BCUT2D eigenvalue weighted by Crippen LogP contribution is -1.94. The molecule has 12 heavy (non-hydrogen) atoms. The van der Waals surface area contributed by atoms with Gasteiger partial charge in [0.15, 0.2) is 0 Å². The van der Waals surface area contributed by atoms with Gasteiger partial charge in [-0.05, 0) is 19.1 Å². The molecule has 0 spiro atoms. The highest BCUT2D eigenvalue weighted by Crippen LogP contribution is 2.07. The minimum Gasteiger partial charge on any atom is -0.412 e. The van der Waals surface area contributed by atoms with Crippen molar-refractivity contribution < 1.29 is 14.3 Å². The lowest BCUT2D eigenvalue weighted by Gasteiger charge is -1.97. The number of rotatable bonds is 1. The SMILES string of the molecule is CC(=N)c1cc(F)cc(F)c1.O. The van der Waals surface area contributed by atoms with E-state index < -0.39 is 11.6 Å². The second kappa shape index (κ2) is 3.92. The molecule has 0 amide bonds. The minimum atomic E-state index is -0.647. The van der Waals surface area contributed by atoms with Crippen molar-refractivity contribution in [3.63, 3.8) is 0 Å². The molecule has 0 saturated heterocycles. The molecule has 0 saturated carbocycles. The largest absolute Gasteiger partial charge is 0.412 e. The van der Waals surface area contributed by atoms with Gasteiger partial charge in [-0.3, -0.25) is 0 Å². The molecule has 0 atom stereocenters. The van der Waals surface area contributed by atoms with E-state index in [2.05, 4.69) is 0 Å². The zero-order valence-electron chi connectivity index (χ0n) is 6.49. The molecule has 0 radical (unpaired) electrons. The molecule has 1 aromatic carbocycles. The third-order valence-corrected chi connectivity index (χ3v) is 1.30. The predicted octanol–water partition coefficient (Wildman–Crippen LogP) is 1.53. The zero-order valence-corrected chi connectivity index (χ0v) is 6.49. The molecule has 0 heterocycles. The zero-order chi connectivity index (χ0) is 8.43. The molecule has 4 heteroatoms. The Balaban J connectivity index is 0.00000121. The fourth-order valence-corrected chi connectivity index (χ4v) is 0.770. The highest BCUT2D eigenvalue weighted by Gasteiger charge is 2.00. The van der Waals surface area contributed by atoms with Crippen LogP contribution in [0.15, 0.2) is 18.2 Å². The maximum Gasteiger partial charge on any atom is 0.126 e. The quantitative estimate of drug-likeness (QED) is 0.626. The Bertz CT molecular complexity index is 279. The van der Waals surface area contributed by atoms with Crippen molar-refractivity contribution >= 4 is 5.71 Å². The molecule has 0 aliphatic heterocycles. The first-order valence-electron chi connectivity index (χ1n) is 3.11. The summed E-state index contributed by atoms with van der Waals surface area (Å²) in [6.45, 7) is 1.48. The Hall–Kier alpha value is -1.29. The molecule has 0 aliphatic rings. The molecule has 2 nitrogen and oxygen atoms in total. The van der Waals surface area contributed by atoms with Gasteiger partial charge < -0.3 is 10.9 Å². The highest BCUT2D eigenvalue weighted by molar-refractivity contribution is 5.96. The lowest BCUT2D eigenvalue weighted by molar-refractivity contribution is 0.583. The first-order chi connectivity index (χ1) is 5.09. The van der Waals surface area contributed by atoms with E-state index in [0.29, 0.717) is 0 Å². The number of halogens is 2. The summed E-state index contributed by atoms with van der Waals surface area (Å²) in [5.74, 6) is -1.29. The van der Waals surface area contributed by atoms with Gasteiger partial charge >= 0.3 is 0 Å². The fraction of sp³-hybridized carbons (Fsp3) is 0.125. The molecule has 0 bridgehead atoms. The molecule has 0 unspecified atom stereocenters. The lowest BCUT2D eigenvalue weighted by atomic mass is 10.1. The number of nitrogens with one attached hydrogen (secondary N) is 1. The van der Waals surface area contributed by atoms with Crippen molar-refractivity contribution in [2.75, 3.05) is 0 Å². The first kappa shape index (κ1) is 10.7. The van der Waals surface area contributed by atoms with E-state index in [0.717, 1.165) is 18.2 Å². The molecule has 0 aliphatic carbocycles. The van der Waals surface area contributed by atoms with Crippen LogP contribution >= 0.6 is 0 Å².